The Balaban J connectivity index is 2.07. The van der Waals surface area contributed by atoms with Gasteiger partial charge in [0.15, 0.2) is 0 Å². The molecular formula is C17H30ClNO. The summed E-state index contributed by atoms with van der Waals surface area (Å²) in [6.45, 7) is 4.45. The van der Waals surface area contributed by atoms with Crippen molar-refractivity contribution in [3.8, 4) is 0 Å². The molecule has 2 fully saturated rings. The number of carbonyl (C=O) groups excluding carboxylic acids is 1. The second-order valence-corrected chi connectivity index (χ2v) is 7.78. The van der Waals surface area contributed by atoms with Crippen LogP contribution in [0.1, 0.15) is 78.1 Å². The molecule has 0 aromatic heterocycles. The number of hydrogen-bond acceptors (Lipinski definition) is 1. The number of halogens is 1. The topological polar surface area (TPSA) is 29.1 Å². The molecule has 0 spiro atoms. The van der Waals surface area contributed by atoms with Crippen molar-refractivity contribution in [3.05, 3.63) is 0 Å². The minimum absolute atomic E-state index is 0.106. The van der Waals surface area contributed by atoms with Gasteiger partial charge >= 0.3 is 0 Å². The maximum Gasteiger partial charge on any atom is 0.226 e. The van der Waals surface area contributed by atoms with Crippen LogP contribution in [-0.4, -0.2) is 17.3 Å². The van der Waals surface area contributed by atoms with Crippen molar-refractivity contribution in [2.75, 3.05) is 5.88 Å². The number of alkyl halides is 1. The van der Waals surface area contributed by atoms with Crippen molar-refractivity contribution in [2.45, 2.75) is 83.6 Å². The molecule has 2 saturated carbocycles. The van der Waals surface area contributed by atoms with Crippen molar-refractivity contribution in [3.63, 3.8) is 0 Å². The van der Waals surface area contributed by atoms with E-state index in [9.17, 15) is 4.79 Å². The SMILES string of the molecule is CC(C)CC1(C(=O)NC2(CCl)CCCCC2)CCCC1. The van der Waals surface area contributed by atoms with E-state index in [1.165, 1.54) is 32.1 Å². The zero-order valence-corrected chi connectivity index (χ0v) is 13.9. The number of nitrogens with one attached hydrogen (secondary N) is 1. The molecule has 1 amide bonds. The fraction of sp³-hybridized carbons (Fsp3) is 0.941. The van der Waals surface area contributed by atoms with E-state index >= 15 is 0 Å². The van der Waals surface area contributed by atoms with Crippen molar-refractivity contribution in [2.24, 2.45) is 11.3 Å². The largest absolute Gasteiger partial charge is 0.349 e. The average molecular weight is 300 g/mol. The molecule has 2 aliphatic rings. The standard InChI is InChI=1S/C17H30ClNO/c1-14(2)12-16(8-6-7-9-16)15(20)19-17(13-18)10-4-3-5-11-17/h14H,3-13H2,1-2H3,(H,19,20). The lowest BCUT2D eigenvalue weighted by atomic mass is 9.76. The summed E-state index contributed by atoms with van der Waals surface area (Å²) in [5.41, 5.74) is -0.228. The predicted molar refractivity (Wildman–Crippen MR) is 85.0 cm³/mol. The highest BCUT2D eigenvalue weighted by molar-refractivity contribution is 6.18. The van der Waals surface area contributed by atoms with E-state index in [0.717, 1.165) is 32.1 Å². The lowest BCUT2D eigenvalue weighted by Crippen LogP contribution is -2.55. The summed E-state index contributed by atoms with van der Waals surface area (Å²) in [6, 6.07) is 0. The van der Waals surface area contributed by atoms with Crippen LogP contribution in [0.2, 0.25) is 0 Å². The first-order chi connectivity index (χ1) is 9.52. The average Bonchev–Trinajstić information content (AvgIpc) is 2.89. The van der Waals surface area contributed by atoms with E-state index in [1.54, 1.807) is 0 Å². The van der Waals surface area contributed by atoms with E-state index in [1.807, 2.05) is 0 Å². The lowest BCUT2D eigenvalue weighted by Gasteiger charge is -2.40. The summed E-state index contributed by atoms with van der Waals surface area (Å²) in [5, 5.41) is 3.40. The second kappa shape index (κ2) is 6.68. The third-order valence-electron chi connectivity index (χ3n) is 5.29. The van der Waals surface area contributed by atoms with Crippen LogP contribution in [-0.2, 0) is 4.79 Å². The van der Waals surface area contributed by atoms with Crippen molar-refractivity contribution >= 4 is 17.5 Å². The van der Waals surface area contributed by atoms with Crippen LogP contribution in [0.4, 0.5) is 0 Å². The van der Waals surface area contributed by atoms with Gasteiger partial charge in [-0.3, -0.25) is 4.79 Å². The van der Waals surface area contributed by atoms with E-state index in [4.69, 9.17) is 11.6 Å². The number of carbonyl (C=O) groups is 1. The highest BCUT2D eigenvalue weighted by Gasteiger charge is 2.44. The van der Waals surface area contributed by atoms with Gasteiger partial charge in [-0.15, -0.1) is 11.6 Å². The Morgan fingerprint density at radius 1 is 1.05 bits per heavy atom. The van der Waals surface area contributed by atoms with Gasteiger partial charge in [-0.25, -0.2) is 0 Å². The van der Waals surface area contributed by atoms with E-state index in [2.05, 4.69) is 19.2 Å². The minimum Gasteiger partial charge on any atom is -0.349 e. The zero-order valence-electron chi connectivity index (χ0n) is 13.1. The fourth-order valence-corrected chi connectivity index (χ4v) is 4.59. The van der Waals surface area contributed by atoms with Gasteiger partial charge in [0, 0.05) is 11.3 Å². The van der Waals surface area contributed by atoms with Crippen LogP contribution in [0.25, 0.3) is 0 Å². The highest BCUT2D eigenvalue weighted by atomic mass is 35.5. The van der Waals surface area contributed by atoms with Crippen LogP contribution in [0.15, 0.2) is 0 Å². The Hall–Kier alpha value is -0.240. The first kappa shape index (κ1) is 16.1. The van der Waals surface area contributed by atoms with Crippen LogP contribution in [0.5, 0.6) is 0 Å². The third kappa shape index (κ3) is 3.50. The molecule has 0 radical (unpaired) electrons. The maximum atomic E-state index is 13.0. The summed E-state index contributed by atoms with van der Waals surface area (Å²) >= 11 is 6.22. The van der Waals surface area contributed by atoms with Gasteiger partial charge in [-0.05, 0) is 38.0 Å². The van der Waals surface area contributed by atoms with Gasteiger partial charge in [0.2, 0.25) is 5.91 Å². The molecule has 0 saturated heterocycles. The van der Waals surface area contributed by atoms with Gasteiger partial charge in [-0.2, -0.15) is 0 Å². The first-order valence-electron chi connectivity index (χ1n) is 8.41. The lowest BCUT2D eigenvalue weighted by molar-refractivity contribution is -0.134. The summed E-state index contributed by atoms with van der Waals surface area (Å²) in [5.74, 6) is 1.44. The Bertz CT molecular complexity index is 328. The molecule has 0 aromatic rings. The third-order valence-corrected chi connectivity index (χ3v) is 5.80. The second-order valence-electron chi connectivity index (χ2n) is 7.51. The number of rotatable bonds is 5. The van der Waals surface area contributed by atoms with Gasteiger partial charge < -0.3 is 5.32 Å². The minimum atomic E-state index is -0.122. The summed E-state index contributed by atoms with van der Waals surface area (Å²) < 4.78 is 0. The number of amides is 1. The van der Waals surface area contributed by atoms with Crippen LogP contribution in [0, 0.1) is 11.3 Å². The Morgan fingerprint density at radius 2 is 1.60 bits per heavy atom. The molecule has 116 valence electrons. The Labute approximate surface area is 129 Å². The molecule has 0 unspecified atom stereocenters. The van der Waals surface area contributed by atoms with Crippen molar-refractivity contribution in [1.82, 2.24) is 5.32 Å². The summed E-state index contributed by atoms with van der Waals surface area (Å²) in [4.78, 5) is 13.0. The quantitative estimate of drug-likeness (QED) is 0.736. The molecule has 2 rings (SSSR count). The molecule has 0 aromatic carbocycles. The maximum absolute atomic E-state index is 13.0. The molecular weight excluding hydrogens is 270 g/mol. The fourth-order valence-electron chi connectivity index (χ4n) is 4.25. The number of hydrogen-bond donors (Lipinski definition) is 1. The zero-order chi connectivity index (χ0) is 14.6. The van der Waals surface area contributed by atoms with Gasteiger partial charge in [0.05, 0.1) is 5.54 Å². The Kier molecular flexibility index (Phi) is 5.39. The molecule has 2 aliphatic carbocycles. The van der Waals surface area contributed by atoms with Crippen LogP contribution < -0.4 is 5.32 Å². The first-order valence-corrected chi connectivity index (χ1v) is 8.94. The van der Waals surface area contributed by atoms with Crippen LogP contribution in [0.3, 0.4) is 0 Å². The van der Waals surface area contributed by atoms with Crippen LogP contribution >= 0.6 is 11.6 Å². The molecule has 0 atom stereocenters. The van der Waals surface area contributed by atoms with Crippen molar-refractivity contribution < 1.29 is 4.79 Å². The molecule has 2 nitrogen and oxygen atoms in total. The molecule has 0 aliphatic heterocycles. The molecule has 0 bridgehead atoms. The van der Waals surface area contributed by atoms with E-state index in [-0.39, 0.29) is 11.0 Å². The molecule has 3 heteroatoms. The van der Waals surface area contributed by atoms with E-state index in [0.29, 0.717) is 17.7 Å². The highest BCUT2D eigenvalue weighted by Crippen LogP contribution is 2.44. The van der Waals surface area contributed by atoms with E-state index < -0.39 is 0 Å². The van der Waals surface area contributed by atoms with Gasteiger partial charge in [0.25, 0.3) is 0 Å². The summed E-state index contributed by atoms with van der Waals surface area (Å²) in [7, 11) is 0. The summed E-state index contributed by atoms with van der Waals surface area (Å²) in [6.07, 6.45) is 11.4. The van der Waals surface area contributed by atoms with Gasteiger partial charge in [0.1, 0.15) is 0 Å². The van der Waals surface area contributed by atoms with Gasteiger partial charge in [-0.1, -0.05) is 46.0 Å². The normalized spacial score (nSPS) is 24.8. The molecule has 20 heavy (non-hydrogen) atoms. The smallest absolute Gasteiger partial charge is 0.226 e. The Morgan fingerprint density at radius 3 is 2.10 bits per heavy atom. The monoisotopic (exact) mass is 299 g/mol. The molecule has 0 heterocycles. The molecule has 1 N–H and O–H groups in total. The predicted octanol–water partition coefficient (Wildman–Crippen LogP) is 4.65. The van der Waals surface area contributed by atoms with Crippen molar-refractivity contribution in [1.29, 1.82) is 0 Å².